The topological polar surface area (TPSA) is 66.9 Å². The Labute approximate surface area is 109 Å². The fourth-order valence-corrected chi connectivity index (χ4v) is 2.04. The summed E-state index contributed by atoms with van der Waals surface area (Å²) in [4.78, 5) is 20.0. The minimum Gasteiger partial charge on any atom is -0.373 e. The molecule has 6 heteroatoms. The monoisotopic (exact) mass is 262 g/mol. The molecule has 0 aliphatic heterocycles. The Bertz CT molecular complexity index is 495. The van der Waals surface area contributed by atoms with E-state index in [2.05, 4.69) is 20.6 Å². The molecule has 18 heavy (non-hydrogen) atoms. The molecule has 0 radical (unpaired) electrons. The van der Waals surface area contributed by atoms with Gasteiger partial charge in [-0.2, -0.15) is 0 Å². The number of thiazole rings is 1. The summed E-state index contributed by atoms with van der Waals surface area (Å²) in [5.74, 6) is 0.634. The van der Waals surface area contributed by atoms with Crippen molar-refractivity contribution in [2.24, 2.45) is 0 Å². The first-order valence-corrected chi connectivity index (χ1v) is 6.53. The van der Waals surface area contributed by atoms with Gasteiger partial charge in [0.1, 0.15) is 5.82 Å². The van der Waals surface area contributed by atoms with Gasteiger partial charge in [0.2, 0.25) is 0 Å². The number of pyridine rings is 1. The van der Waals surface area contributed by atoms with Crippen molar-refractivity contribution in [3.05, 3.63) is 40.5 Å². The number of rotatable bonds is 5. The molecule has 2 rings (SSSR count). The number of nitrogens with zero attached hydrogens (tertiary/aromatic N) is 2. The molecule has 2 heterocycles. The van der Waals surface area contributed by atoms with E-state index >= 15 is 0 Å². The number of nitrogens with one attached hydrogen (secondary N) is 2. The Balaban J connectivity index is 1.83. The van der Waals surface area contributed by atoms with E-state index in [1.807, 2.05) is 5.38 Å². The van der Waals surface area contributed by atoms with Crippen molar-refractivity contribution in [1.29, 1.82) is 0 Å². The minimum atomic E-state index is -0.111. The largest absolute Gasteiger partial charge is 0.373 e. The van der Waals surface area contributed by atoms with Crippen LogP contribution in [0.5, 0.6) is 0 Å². The van der Waals surface area contributed by atoms with Gasteiger partial charge in [-0.25, -0.2) is 9.97 Å². The summed E-state index contributed by atoms with van der Waals surface area (Å²) < 4.78 is 0. The number of aromatic nitrogens is 2. The molecule has 2 N–H and O–H groups in total. The van der Waals surface area contributed by atoms with Crippen LogP contribution >= 0.6 is 11.3 Å². The van der Waals surface area contributed by atoms with Gasteiger partial charge in [0.05, 0.1) is 16.8 Å². The van der Waals surface area contributed by atoms with Crippen LogP contribution in [0.4, 0.5) is 5.82 Å². The van der Waals surface area contributed by atoms with Gasteiger partial charge in [-0.3, -0.25) is 4.79 Å². The highest BCUT2D eigenvalue weighted by atomic mass is 32.1. The Morgan fingerprint density at radius 1 is 1.39 bits per heavy atom. The molecule has 0 aliphatic rings. The van der Waals surface area contributed by atoms with E-state index < -0.39 is 0 Å². The molecule has 0 spiro atoms. The summed E-state index contributed by atoms with van der Waals surface area (Å²) in [6.07, 6.45) is 2.31. The van der Waals surface area contributed by atoms with E-state index in [0.717, 1.165) is 17.9 Å². The predicted molar refractivity (Wildman–Crippen MR) is 71.9 cm³/mol. The third-order valence-electron chi connectivity index (χ3n) is 2.43. The van der Waals surface area contributed by atoms with Crippen LogP contribution in [0.3, 0.4) is 0 Å². The van der Waals surface area contributed by atoms with Crippen LogP contribution in [0.25, 0.3) is 0 Å². The number of carbonyl (C=O) groups is 1. The summed E-state index contributed by atoms with van der Waals surface area (Å²) >= 11 is 1.56. The zero-order valence-electron chi connectivity index (χ0n) is 10.0. The Morgan fingerprint density at radius 2 is 2.28 bits per heavy atom. The van der Waals surface area contributed by atoms with Crippen molar-refractivity contribution in [3.63, 3.8) is 0 Å². The molecule has 0 saturated carbocycles. The summed E-state index contributed by atoms with van der Waals surface area (Å²) in [6, 6.07) is 3.52. The van der Waals surface area contributed by atoms with Crippen molar-refractivity contribution in [3.8, 4) is 0 Å². The highest BCUT2D eigenvalue weighted by Crippen LogP contribution is 2.04. The van der Waals surface area contributed by atoms with E-state index in [-0.39, 0.29) is 5.91 Å². The zero-order valence-corrected chi connectivity index (χ0v) is 10.8. The Hall–Kier alpha value is -1.95. The maximum absolute atomic E-state index is 11.8. The quantitative estimate of drug-likeness (QED) is 0.858. The number of anilines is 1. The van der Waals surface area contributed by atoms with Crippen LogP contribution in [0.15, 0.2) is 29.2 Å². The highest BCUT2D eigenvalue weighted by molar-refractivity contribution is 7.07. The summed E-state index contributed by atoms with van der Waals surface area (Å²) in [6.45, 7) is 0.580. The minimum absolute atomic E-state index is 0.111. The van der Waals surface area contributed by atoms with E-state index in [9.17, 15) is 4.79 Å². The van der Waals surface area contributed by atoms with Gasteiger partial charge in [-0.1, -0.05) is 0 Å². The van der Waals surface area contributed by atoms with Gasteiger partial charge in [-0.15, -0.1) is 11.3 Å². The third kappa shape index (κ3) is 3.27. The fourth-order valence-electron chi connectivity index (χ4n) is 1.44. The van der Waals surface area contributed by atoms with Gasteiger partial charge in [0.25, 0.3) is 5.91 Å². The molecule has 0 fully saturated rings. The van der Waals surface area contributed by atoms with Crippen LogP contribution < -0.4 is 10.6 Å². The first kappa shape index (κ1) is 12.5. The van der Waals surface area contributed by atoms with E-state index in [4.69, 9.17) is 0 Å². The average molecular weight is 262 g/mol. The number of hydrogen-bond acceptors (Lipinski definition) is 5. The first-order chi connectivity index (χ1) is 8.79. The normalized spacial score (nSPS) is 10.1. The van der Waals surface area contributed by atoms with Crippen molar-refractivity contribution < 1.29 is 4.79 Å². The molecule has 2 aromatic rings. The molecule has 0 bridgehead atoms. The third-order valence-corrected chi connectivity index (χ3v) is 3.07. The molecule has 0 atom stereocenters. The highest BCUT2D eigenvalue weighted by Gasteiger charge is 2.05. The van der Waals surface area contributed by atoms with Gasteiger partial charge in [-0.05, 0) is 12.1 Å². The van der Waals surface area contributed by atoms with Crippen molar-refractivity contribution >= 4 is 23.1 Å². The summed E-state index contributed by atoms with van der Waals surface area (Å²) in [5.41, 5.74) is 3.36. The smallest absolute Gasteiger partial charge is 0.252 e. The maximum Gasteiger partial charge on any atom is 0.252 e. The second-order valence-corrected chi connectivity index (χ2v) is 4.39. The molecular formula is C12H14N4OS. The molecule has 2 aromatic heterocycles. The number of amides is 1. The lowest BCUT2D eigenvalue weighted by Gasteiger charge is -2.04. The summed E-state index contributed by atoms with van der Waals surface area (Å²) in [7, 11) is 1.79. The van der Waals surface area contributed by atoms with Crippen molar-refractivity contribution in [1.82, 2.24) is 15.3 Å². The van der Waals surface area contributed by atoms with Gasteiger partial charge >= 0.3 is 0 Å². The standard InChI is InChI=1S/C12H14N4OS/c1-13-11-3-2-9(6-15-11)12(17)14-5-4-10-7-18-8-16-10/h2-3,6-8H,4-5H2,1H3,(H,13,15)(H,14,17). The van der Waals surface area contributed by atoms with E-state index in [1.165, 1.54) is 0 Å². The van der Waals surface area contributed by atoms with Crippen LogP contribution in [-0.4, -0.2) is 29.5 Å². The SMILES string of the molecule is CNc1ccc(C(=O)NCCc2cscn2)cn1. The molecular weight excluding hydrogens is 248 g/mol. The van der Waals surface area contributed by atoms with Crippen molar-refractivity contribution in [2.75, 3.05) is 18.9 Å². The van der Waals surface area contributed by atoms with Crippen LogP contribution in [0.2, 0.25) is 0 Å². The van der Waals surface area contributed by atoms with Gasteiger partial charge in [0.15, 0.2) is 0 Å². The lowest BCUT2D eigenvalue weighted by atomic mass is 10.2. The van der Waals surface area contributed by atoms with Gasteiger partial charge < -0.3 is 10.6 Å². The lowest BCUT2D eigenvalue weighted by Crippen LogP contribution is -2.25. The fraction of sp³-hybridized carbons (Fsp3) is 0.250. The molecule has 94 valence electrons. The molecule has 0 aliphatic carbocycles. The lowest BCUT2D eigenvalue weighted by molar-refractivity contribution is 0.0954. The molecule has 0 unspecified atom stereocenters. The molecule has 1 amide bonds. The van der Waals surface area contributed by atoms with E-state index in [0.29, 0.717) is 12.1 Å². The maximum atomic E-state index is 11.8. The molecule has 0 saturated heterocycles. The predicted octanol–water partition coefficient (Wildman–Crippen LogP) is 1.55. The second kappa shape index (κ2) is 6.11. The second-order valence-electron chi connectivity index (χ2n) is 3.67. The van der Waals surface area contributed by atoms with Crippen LogP contribution in [0, 0.1) is 0 Å². The Morgan fingerprint density at radius 3 is 2.89 bits per heavy atom. The average Bonchev–Trinajstić information content (AvgIpc) is 2.92. The number of hydrogen-bond donors (Lipinski definition) is 2. The van der Waals surface area contributed by atoms with Crippen molar-refractivity contribution in [2.45, 2.75) is 6.42 Å². The van der Waals surface area contributed by atoms with E-state index in [1.54, 1.807) is 42.2 Å². The molecule has 5 nitrogen and oxygen atoms in total. The first-order valence-electron chi connectivity index (χ1n) is 5.58. The van der Waals surface area contributed by atoms with Gasteiger partial charge in [0, 0.05) is 31.6 Å². The molecule has 0 aromatic carbocycles. The van der Waals surface area contributed by atoms with Crippen LogP contribution in [-0.2, 0) is 6.42 Å². The number of carbonyl (C=O) groups excluding carboxylic acids is 1. The van der Waals surface area contributed by atoms with Crippen LogP contribution in [0.1, 0.15) is 16.1 Å². The Kier molecular flexibility index (Phi) is 4.25. The summed E-state index contributed by atoms with van der Waals surface area (Å²) in [5, 5.41) is 7.73. The zero-order chi connectivity index (χ0) is 12.8.